The van der Waals surface area contributed by atoms with Gasteiger partial charge in [0.2, 0.25) is 0 Å². The van der Waals surface area contributed by atoms with Crippen LogP contribution >= 0.6 is 0 Å². The minimum absolute atomic E-state index is 0.0426. The van der Waals surface area contributed by atoms with E-state index >= 15 is 0 Å². The van der Waals surface area contributed by atoms with E-state index in [1.54, 1.807) is 0 Å². The maximum absolute atomic E-state index is 11.7. The molecule has 3 N–H and O–H groups in total. The number of pyridine rings is 1. The molecule has 1 aromatic rings. The Kier molecular flexibility index (Phi) is 5.26. The summed E-state index contributed by atoms with van der Waals surface area (Å²) in [7, 11) is -0.754. The molecule has 1 aromatic heterocycles. The Labute approximate surface area is 124 Å². The van der Waals surface area contributed by atoms with Crippen molar-refractivity contribution in [3.63, 3.8) is 0 Å². The van der Waals surface area contributed by atoms with Crippen LogP contribution in [0.5, 0.6) is 0 Å². The van der Waals surface area contributed by atoms with E-state index in [4.69, 9.17) is 5.11 Å². The van der Waals surface area contributed by atoms with Crippen molar-refractivity contribution in [1.29, 1.82) is 0 Å². The lowest BCUT2D eigenvalue weighted by Crippen LogP contribution is -2.44. The molecule has 0 radical (unpaired) electrons. The molecule has 21 heavy (non-hydrogen) atoms. The number of urea groups is 1. The molecule has 1 saturated heterocycles. The molecule has 0 atom stereocenters. The third-order valence-electron chi connectivity index (χ3n) is 3.22. The van der Waals surface area contributed by atoms with Crippen molar-refractivity contribution in [1.82, 2.24) is 15.6 Å². The summed E-state index contributed by atoms with van der Waals surface area (Å²) in [5.74, 6) is 0.207. The molecule has 0 saturated carbocycles. The maximum Gasteiger partial charge on any atom is 0.335 e. The molecular formula is C13H17N3O4S. The Morgan fingerprint density at radius 1 is 1.38 bits per heavy atom. The van der Waals surface area contributed by atoms with Gasteiger partial charge in [-0.1, -0.05) is 0 Å². The molecule has 2 rings (SSSR count). The summed E-state index contributed by atoms with van der Waals surface area (Å²) in [5, 5.41) is 14.3. The molecule has 1 fully saturated rings. The van der Waals surface area contributed by atoms with Gasteiger partial charge in [0, 0.05) is 34.5 Å². The summed E-state index contributed by atoms with van der Waals surface area (Å²) in [4.78, 5) is 26.6. The second-order valence-corrected chi connectivity index (χ2v) is 6.49. The fourth-order valence-corrected chi connectivity index (χ4v) is 3.35. The Morgan fingerprint density at radius 2 is 2.10 bits per heavy atom. The smallest absolute Gasteiger partial charge is 0.335 e. The van der Waals surface area contributed by atoms with Gasteiger partial charge in [0.1, 0.15) is 0 Å². The average molecular weight is 311 g/mol. The van der Waals surface area contributed by atoms with E-state index in [1.807, 2.05) is 0 Å². The highest BCUT2D eigenvalue weighted by molar-refractivity contribution is 7.85. The second-order valence-electron chi connectivity index (χ2n) is 4.79. The first kappa shape index (κ1) is 15.4. The minimum atomic E-state index is -1.03. The van der Waals surface area contributed by atoms with Gasteiger partial charge in [-0.3, -0.25) is 9.19 Å². The number of rotatable bonds is 4. The normalized spacial score (nSPS) is 21.5. The molecule has 1 aliphatic heterocycles. The van der Waals surface area contributed by atoms with E-state index in [-0.39, 0.29) is 24.2 Å². The van der Waals surface area contributed by atoms with Crippen LogP contribution in [0.4, 0.5) is 4.79 Å². The van der Waals surface area contributed by atoms with Gasteiger partial charge in [0.15, 0.2) is 0 Å². The summed E-state index contributed by atoms with van der Waals surface area (Å²) >= 11 is 0. The predicted octanol–water partition coefficient (Wildman–Crippen LogP) is 0.490. The topological polar surface area (TPSA) is 108 Å². The predicted molar refractivity (Wildman–Crippen MR) is 77.5 cm³/mol. The lowest BCUT2D eigenvalue weighted by Gasteiger charge is -2.22. The Morgan fingerprint density at radius 3 is 2.76 bits per heavy atom. The van der Waals surface area contributed by atoms with Gasteiger partial charge < -0.3 is 15.7 Å². The second kappa shape index (κ2) is 7.16. The van der Waals surface area contributed by atoms with Crippen molar-refractivity contribution < 1.29 is 18.9 Å². The van der Waals surface area contributed by atoms with E-state index in [2.05, 4.69) is 15.6 Å². The number of nitrogens with zero attached hydrogens (tertiary/aromatic N) is 1. The molecule has 0 aromatic carbocycles. The molecular weight excluding hydrogens is 294 g/mol. The number of hydrogen-bond acceptors (Lipinski definition) is 4. The zero-order chi connectivity index (χ0) is 15.2. The number of aromatic nitrogens is 1. The summed E-state index contributed by atoms with van der Waals surface area (Å²) in [6.07, 6.45) is 2.83. The van der Waals surface area contributed by atoms with Crippen molar-refractivity contribution in [2.24, 2.45) is 0 Å². The monoisotopic (exact) mass is 311 g/mol. The van der Waals surface area contributed by atoms with Crippen LogP contribution in [-0.4, -0.2) is 43.8 Å². The van der Waals surface area contributed by atoms with E-state index in [1.165, 1.54) is 18.3 Å². The largest absolute Gasteiger partial charge is 0.478 e. The molecule has 2 amide bonds. The molecule has 0 unspecified atom stereocenters. The summed E-state index contributed by atoms with van der Waals surface area (Å²) < 4.78 is 11.2. The average Bonchev–Trinajstić information content (AvgIpc) is 2.48. The van der Waals surface area contributed by atoms with Crippen molar-refractivity contribution in [2.75, 3.05) is 11.5 Å². The third-order valence-corrected chi connectivity index (χ3v) is 4.60. The van der Waals surface area contributed by atoms with Crippen molar-refractivity contribution in [2.45, 2.75) is 25.4 Å². The van der Waals surface area contributed by atoms with Crippen LogP contribution in [0.3, 0.4) is 0 Å². The van der Waals surface area contributed by atoms with E-state index in [0.29, 0.717) is 30.0 Å². The van der Waals surface area contributed by atoms with Crippen LogP contribution in [-0.2, 0) is 17.3 Å². The first-order valence-corrected chi connectivity index (χ1v) is 8.11. The molecule has 114 valence electrons. The quantitative estimate of drug-likeness (QED) is 0.750. The molecule has 1 aliphatic rings. The van der Waals surface area contributed by atoms with Crippen LogP contribution in [0.2, 0.25) is 0 Å². The number of carbonyl (C=O) groups excluding carboxylic acids is 1. The number of carboxylic acids is 1. The van der Waals surface area contributed by atoms with Crippen molar-refractivity contribution in [3.05, 3.63) is 29.6 Å². The highest BCUT2D eigenvalue weighted by atomic mass is 32.2. The lowest BCUT2D eigenvalue weighted by atomic mass is 10.2. The van der Waals surface area contributed by atoms with E-state index < -0.39 is 16.8 Å². The number of aromatic carboxylic acids is 1. The van der Waals surface area contributed by atoms with Crippen molar-refractivity contribution in [3.8, 4) is 0 Å². The summed E-state index contributed by atoms with van der Waals surface area (Å²) in [6.45, 7) is 0.158. The lowest BCUT2D eigenvalue weighted by molar-refractivity contribution is 0.0696. The molecule has 0 aliphatic carbocycles. The zero-order valence-electron chi connectivity index (χ0n) is 11.4. The SMILES string of the molecule is O=C(NCc1cc(C(=O)O)ccn1)NC1CCS(=O)CC1. The van der Waals surface area contributed by atoms with E-state index in [9.17, 15) is 13.8 Å². The number of hydrogen-bond donors (Lipinski definition) is 3. The highest BCUT2D eigenvalue weighted by Crippen LogP contribution is 2.08. The van der Waals surface area contributed by atoms with Gasteiger partial charge in [-0.25, -0.2) is 9.59 Å². The van der Waals surface area contributed by atoms with Crippen molar-refractivity contribution >= 4 is 22.8 Å². The van der Waals surface area contributed by atoms with Gasteiger partial charge in [-0.15, -0.1) is 0 Å². The Bertz CT molecular complexity index is 554. The van der Waals surface area contributed by atoms with Crippen LogP contribution in [0.1, 0.15) is 28.9 Å². The molecule has 2 heterocycles. The fourth-order valence-electron chi connectivity index (χ4n) is 2.05. The third kappa shape index (κ3) is 4.82. The first-order chi connectivity index (χ1) is 10.0. The maximum atomic E-state index is 11.7. The van der Waals surface area contributed by atoms with Crippen LogP contribution in [0.25, 0.3) is 0 Å². The van der Waals surface area contributed by atoms with Gasteiger partial charge in [-0.2, -0.15) is 0 Å². The molecule has 0 spiro atoms. The number of carboxylic acid groups (broad SMARTS) is 1. The standard InChI is InChI=1S/C13H17N3O4S/c17-12(18)9-1-4-14-11(7-9)8-15-13(19)16-10-2-5-21(20)6-3-10/h1,4,7,10H,2-3,5-6,8H2,(H,17,18)(H2,15,16,19). The van der Waals surface area contributed by atoms with Gasteiger partial charge >= 0.3 is 12.0 Å². The number of carbonyl (C=O) groups is 2. The highest BCUT2D eigenvalue weighted by Gasteiger charge is 2.19. The summed E-state index contributed by atoms with van der Waals surface area (Å²) in [6, 6.07) is 2.54. The van der Waals surface area contributed by atoms with Crippen LogP contribution < -0.4 is 10.6 Å². The summed E-state index contributed by atoms with van der Waals surface area (Å²) in [5.41, 5.74) is 0.617. The Balaban J connectivity index is 1.80. The van der Waals surface area contributed by atoms with Gasteiger partial charge in [0.25, 0.3) is 0 Å². The fraction of sp³-hybridized carbons (Fsp3) is 0.462. The molecule has 7 nitrogen and oxygen atoms in total. The molecule has 8 heteroatoms. The van der Waals surface area contributed by atoms with Gasteiger partial charge in [0.05, 0.1) is 17.8 Å². The van der Waals surface area contributed by atoms with Gasteiger partial charge in [-0.05, 0) is 25.0 Å². The molecule has 0 bridgehead atoms. The number of nitrogens with one attached hydrogen (secondary N) is 2. The number of amides is 2. The van der Waals surface area contributed by atoms with E-state index in [0.717, 1.165) is 0 Å². The first-order valence-electron chi connectivity index (χ1n) is 6.62. The Hall–Kier alpha value is -1.96. The van der Waals surface area contributed by atoms with Crippen LogP contribution in [0, 0.1) is 0 Å². The minimum Gasteiger partial charge on any atom is -0.478 e. The van der Waals surface area contributed by atoms with Crippen LogP contribution in [0.15, 0.2) is 18.3 Å². The zero-order valence-corrected chi connectivity index (χ0v) is 12.2.